The molecule has 1 heterocycles. The van der Waals surface area contributed by atoms with Gasteiger partial charge in [0.15, 0.2) is 11.2 Å². The van der Waals surface area contributed by atoms with Crippen molar-refractivity contribution in [1.82, 2.24) is 0 Å². The molecule has 8 heteroatoms. The zero-order valence-corrected chi connectivity index (χ0v) is 15.8. The van der Waals surface area contributed by atoms with Crippen LogP contribution in [0.5, 0.6) is 5.75 Å². The first-order chi connectivity index (χ1) is 13.6. The van der Waals surface area contributed by atoms with E-state index < -0.39 is 15.0 Å². The summed E-state index contributed by atoms with van der Waals surface area (Å²) < 4.78 is 41.7. The van der Waals surface area contributed by atoms with E-state index in [9.17, 15) is 27.7 Å². The Kier molecular flexibility index (Phi) is 4.25. The average Bonchev–Trinajstić information content (AvgIpc) is 2.64. The van der Waals surface area contributed by atoms with Crippen LogP contribution in [0.3, 0.4) is 0 Å². The van der Waals surface area contributed by atoms with Crippen molar-refractivity contribution in [2.45, 2.75) is 11.8 Å². The SMILES string of the molecule is CC(=O)c1ccc(-c2c3ccc(=O)cc-3oc3cc(O)ccc23)c(S(=O)(=O)[O-])c1. The monoisotopic (exact) mass is 409 g/mol. The molecular formula is C21H13O7S-. The summed E-state index contributed by atoms with van der Waals surface area (Å²) in [5.41, 5.74) is 0.768. The highest BCUT2D eigenvalue weighted by Gasteiger charge is 2.22. The van der Waals surface area contributed by atoms with Gasteiger partial charge in [-0.2, -0.15) is 0 Å². The van der Waals surface area contributed by atoms with Crippen LogP contribution in [-0.2, 0) is 10.1 Å². The molecule has 0 unspecified atom stereocenters. The lowest BCUT2D eigenvalue weighted by Gasteiger charge is -2.19. The van der Waals surface area contributed by atoms with E-state index in [0.29, 0.717) is 16.5 Å². The highest BCUT2D eigenvalue weighted by atomic mass is 32.2. The number of rotatable bonds is 3. The lowest BCUT2D eigenvalue weighted by molar-refractivity contribution is 0.101. The molecule has 0 amide bonds. The zero-order chi connectivity index (χ0) is 20.9. The summed E-state index contributed by atoms with van der Waals surface area (Å²) >= 11 is 0. The molecule has 1 aliphatic carbocycles. The highest BCUT2D eigenvalue weighted by molar-refractivity contribution is 7.85. The Bertz CT molecular complexity index is 1430. The van der Waals surface area contributed by atoms with Crippen LogP contribution < -0.4 is 5.43 Å². The summed E-state index contributed by atoms with van der Waals surface area (Å²) in [5, 5.41) is 10.2. The second-order valence-corrected chi connectivity index (χ2v) is 7.88. The molecule has 29 heavy (non-hydrogen) atoms. The van der Waals surface area contributed by atoms with E-state index in [0.717, 1.165) is 6.07 Å². The molecule has 0 saturated heterocycles. The van der Waals surface area contributed by atoms with Crippen LogP contribution in [-0.4, -0.2) is 23.9 Å². The number of hydrogen-bond acceptors (Lipinski definition) is 7. The van der Waals surface area contributed by atoms with Crippen molar-refractivity contribution in [3.8, 4) is 28.2 Å². The molecule has 0 bridgehead atoms. The van der Waals surface area contributed by atoms with Crippen molar-refractivity contribution in [3.63, 3.8) is 0 Å². The van der Waals surface area contributed by atoms with Gasteiger partial charge in [-0.05, 0) is 37.3 Å². The molecule has 1 aliphatic heterocycles. The molecule has 4 rings (SSSR count). The van der Waals surface area contributed by atoms with Gasteiger partial charge in [-0.3, -0.25) is 9.59 Å². The summed E-state index contributed by atoms with van der Waals surface area (Å²) in [7, 11) is -4.94. The van der Waals surface area contributed by atoms with Gasteiger partial charge in [0.25, 0.3) is 0 Å². The second-order valence-electron chi connectivity index (χ2n) is 6.54. The molecule has 0 spiro atoms. The summed E-state index contributed by atoms with van der Waals surface area (Å²) in [4.78, 5) is 22.9. The average molecular weight is 409 g/mol. The van der Waals surface area contributed by atoms with E-state index in [2.05, 4.69) is 0 Å². The number of aromatic hydroxyl groups is 1. The number of carbonyl (C=O) groups excluding carboxylic acids is 1. The van der Waals surface area contributed by atoms with E-state index in [1.807, 2.05) is 0 Å². The standard InChI is InChI=1S/C21H14O7S/c1-11(22)12-2-5-17(20(8-12)29(25,26)27)21-15-6-3-13(23)9-18(15)28-19-10-14(24)4-7-16(19)21/h2-10,23H,1H3,(H,25,26,27)/p-1. The lowest BCUT2D eigenvalue weighted by Crippen LogP contribution is -2.06. The van der Waals surface area contributed by atoms with Gasteiger partial charge in [0.2, 0.25) is 0 Å². The Hall–Kier alpha value is -3.49. The molecule has 1 N–H and O–H groups in total. The lowest BCUT2D eigenvalue weighted by atomic mass is 9.93. The van der Waals surface area contributed by atoms with E-state index >= 15 is 0 Å². The van der Waals surface area contributed by atoms with E-state index in [1.54, 1.807) is 0 Å². The Morgan fingerprint density at radius 2 is 1.72 bits per heavy atom. The number of hydrogen-bond donors (Lipinski definition) is 1. The summed E-state index contributed by atoms with van der Waals surface area (Å²) in [6, 6.07) is 12.1. The molecule has 0 fully saturated rings. The quantitative estimate of drug-likeness (QED) is 0.312. The summed E-state index contributed by atoms with van der Waals surface area (Å²) in [6.45, 7) is 1.26. The van der Waals surface area contributed by atoms with E-state index in [1.165, 1.54) is 55.5 Å². The number of phenols is 1. The number of fused-ring (bicyclic) bond motifs is 2. The van der Waals surface area contributed by atoms with Gasteiger partial charge in [0.05, 0.1) is 4.90 Å². The Labute approximate surface area is 164 Å². The van der Waals surface area contributed by atoms with Crippen LogP contribution in [0.15, 0.2) is 68.7 Å². The third-order valence-electron chi connectivity index (χ3n) is 4.60. The maximum Gasteiger partial charge on any atom is 0.182 e. The normalized spacial score (nSPS) is 11.8. The van der Waals surface area contributed by atoms with Crippen molar-refractivity contribution < 1.29 is 27.3 Å². The first kappa shape index (κ1) is 18.9. The largest absolute Gasteiger partial charge is 0.744 e. The smallest absolute Gasteiger partial charge is 0.182 e. The topological polar surface area (TPSA) is 125 Å². The first-order valence-corrected chi connectivity index (χ1v) is 9.87. The second kappa shape index (κ2) is 6.54. The maximum absolute atomic E-state index is 12.0. The van der Waals surface area contributed by atoms with Gasteiger partial charge < -0.3 is 14.1 Å². The molecule has 2 aromatic rings. The predicted octanol–water partition coefficient (Wildman–Crippen LogP) is 3.38. The third-order valence-corrected chi connectivity index (χ3v) is 5.48. The van der Waals surface area contributed by atoms with E-state index in [-0.39, 0.29) is 39.4 Å². The van der Waals surface area contributed by atoms with Crippen LogP contribution >= 0.6 is 0 Å². The molecule has 0 aromatic heterocycles. The highest BCUT2D eigenvalue weighted by Crippen LogP contribution is 2.42. The van der Waals surface area contributed by atoms with Crippen LogP contribution in [0.4, 0.5) is 0 Å². The zero-order valence-electron chi connectivity index (χ0n) is 15.0. The van der Waals surface area contributed by atoms with Crippen LogP contribution in [0.25, 0.3) is 33.4 Å². The molecule has 2 aromatic carbocycles. The molecule has 0 saturated carbocycles. The Balaban J connectivity index is 2.21. The van der Waals surface area contributed by atoms with Gasteiger partial charge in [-0.25, -0.2) is 8.42 Å². The number of carbonyl (C=O) groups is 1. The minimum atomic E-state index is -4.94. The van der Waals surface area contributed by atoms with Crippen molar-refractivity contribution in [3.05, 3.63) is 70.4 Å². The summed E-state index contributed by atoms with van der Waals surface area (Å²) in [5.74, 6) is -0.316. The molecule has 0 atom stereocenters. The predicted molar refractivity (Wildman–Crippen MR) is 104 cm³/mol. The molecule has 146 valence electrons. The van der Waals surface area contributed by atoms with Crippen molar-refractivity contribution in [2.75, 3.05) is 0 Å². The molecule has 2 aliphatic rings. The minimum absolute atomic E-state index is 0.0696. The molecular weight excluding hydrogens is 396 g/mol. The van der Waals surface area contributed by atoms with Crippen LogP contribution in [0, 0.1) is 0 Å². The van der Waals surface area contributed by atoms with Crippen molar-refractivity contribution in [1.29, 1.82) is 0 Å². The number of phenolic OH excluding ortho intramolecular Hbond substituents is 1. The van der Waals surface area contributed by atoms with Crippen LogP contribution in [0.1, 0.15) is 17.3 Å². The third kappa shape index (κ3) is 3.28. The number of benzene rings is 3. The fourth-order valence-electron chi connectivity index (χ4n) is 3.30. The molecule has 0 radical (unpaired) electrons. The van der Waals surface area contributed by atoms with Gasteiger partial charge in [-0.1, -0.05) is 12.1 Å². The molecule has 7 nitrogen and oxygen atoms in total. The van der Waals surface area contributed by atoms with Gasteiger partial charge in [-0.15, -0.1) is 0 Å². The van der Waals surface area contributed by atoms with Crippen molar-refractivity contribution >= 4 is 26.9 Å². The van der Waals surface area contributed by atoms with Crippen molar-refractivity contribution in [2.24, 2.45) is 0 Å². The number of ketones is 1. The van der Waals surface area contributed by atoms with Gasteiger partial charge >= 0.3 is 0 Å². The maximum atomic E-state index is 12.0. The van der Waals surface area contributed by atoms with Gasteiger partial charge in [0, 0.05) is 39.8 Å². The Morgan fingerprint density at radius 1 is 1.00 bits per heavy atom. The number of Topliss-reactive ketones (excluding diaryl/α,β-unsaturated/α-hetero) is 1. The van der Waals surface area contributed by atoms with Gasteiger partial charge in [0.1, 0.15) is 27.2 Å². The van der Waals surface area contributed by atoms with E-state index in [4.69, 9.17) is 4.42 Å². The minimum Gasteiger partial charge on any atom is -0.744 e. The fourth-order valence-corrected chi connectivity index (χ4v) is 4.01. The Morgan fingerprint density at radius 3 is 2.41 bits per heavy atom. The van der Waals surface area contributed by atoms with Crippen LogP contribution in [0.2, 0.25) is 0 Å². The fraction of sp³-hybridized carbons (Fsp3) is 0.0476. The first-order valence-electron chi connectivity index (χ1n) is 8.46. The summed E-state index contributed by atoms with van der Waals surface area (Å²) in [6.07, 6.45) is 0.